The van der Waals surface area contributed by atoms with Crippen molar-refractivity contribution in [1.82, 2.24) is 0 Å². The molecule has 0 aromatic heterocycles. The standard InChI is InChI=1S/C15H23P/c1-2-3-12-4-6-13(7-5-12)14-8-10-15(16)11-9-14/h8-13H,2-7,16H2,1H3. The average molecular weight is 234 g/mol. The highest BCUT2D eigenvalue weighted by molar-refractivity contribution is 7.27. The van der Waals surface area contributed by atoms with Gasteiger partial charge in [-0.1, -0.05) is 44.0 Å². The van der Waals surface area contributed by atoms with Gasteiger partial charge in [0, 0.05) is 0 Å². The van der Waals surface area contributed by atoms with Crippen LogP contribution >= 0.6 is 9.24 Å². The van der Waals surface area contributed by atoms with Gasteiger partial charge >= 0.3 is 0 Å². The second-order valence-corrected chi connectivity index (χ2v) is 5.84. The van der Waals surface area contributed by atoms with Crippen molar-refractivity contribution in [2.75, 3.05) is 0 Å². The van der Waals surface area contributed by atoms with Gasteiger partial charge < -0.3 is 0 Å². The molecule has 0 amide bonds. The molecule has 0 saturated heterocycles. The Bertz CT molecular complexity index is 307. The van der Waals surface area contributed by atoms with Crippen molar-refractivity contribution in [2.24, 2.45) is 5.92 Å². The largest absolute Gasteiger partial charge is 0.106 e. The summed E-state index contributed by atoms with van der Waals surface area (Å²) in [6.07, 6.45) is 8.50. The topological polar surface area (TPSA) is 0 Å². The Morgan fingerprint density at radius 3 is 2.25 bits per heavy atom. The monoisotopic (exact) mass is 234 g/mol. The summed E-state index contributed by atoms with van der Waals surface area (Å²) in [5.74, 6) is 1.85. The van der Waals surface area contributed by atoms with Crippen molar-refractivity contribution in [1.29, 1.82) is 0 Å². The molecule has 1 aromatic carbocycles. The molecule has 1 saturated carbocycles. The lowest BCUT2D eigenvalue weighted by Gasteiger charge is -2.28. The van der Waals surface area contributed by atoms with Crippen LogP contribution in [0.4, 0.5) is 0 Å². The van der Waals surface area contributed by atoms with Gasteiger partial charge in [-0.05, 0) is 48.4 Å². The van der Waals surface area contributed by atoms with Crippen molar-refractivity contribution >= 4 is 14.5 Å². The van der Waals surface area contributed by atoms with E-state index in [4.69, 9.17) is 0 Å². The average Bonchev–Trinajstić information content (AvgIpc) is 2.32. The van der Waals surface area contributed by atoms with Crippen molar-refractivity contribution < 1.29 is 0 Å². The van der Waals surface area contributed by atoms with Gasteiger partial charge in [0.2, 0.25) is 0 Å². The fourth-order valence-electron chi connectivity index (χ4n) is 2.96. The molecule has 1 aromatic rings. The summed E-state index contributed by atoms with van der Waals surface area (Å²) in [6, 6.07) is 9.07. The molecule has 0 nitrogen and oxygen atoms in total. The van der Waals surface area contributed by atoms with E-state index in [1.807, 2.05) is 0 Å². The van der Waals surface area contributed by atoms with E-state index in [2.05, 4.69) is 40.4 Å². The highest BCUT2D eigenvalue weighted by atomic mass is 31.0. The van der Waals surface area contributed by atoms with Gasteiger partial charge in [-0.3, -0.25) is 0 Å². The summed E-state index contributed by atoms with van der Waals surface area (Å²) >= 11 is 0. The second-order valence-electron chi connectivity index (χ2n) is 5.17. The van der Waals surface area contributed by atoms with Crippen LogP contribution in [0.3, 0.4) is 0 Å². The Hall–Kier alpha value is -0.350. The summed E-state index contributed by atoms with van der Waals surface area (Å²) in [4.78, 5) is 0. The van der Waals surface area contributed by atoms with Crippen LogP contribution < -0.4 is 5.30 Å². The zero-order valence-corrected chi connectivity index (χ0v) is 11.4. The fourth-order valence-corrected chi connectivity index (χ4v) is 3.15. The van der Waals surface area contributed by atoms with Gasteiger partial charge in [-0.15, -0.1) is 9.24 Å². The number of rotatable bonds is 3. The van der Waals surface area contributed by atoms with E-state index >= 15 is 0 Å². The molecule has 1 atom stereocenters. The quantitative estimate of drug-likeness (QED) is 0.685. The second kappa shape index (κ2) is 5.82. The van der Waals surface area contributed by atoms with Crippen LogP contribution in [-0.2, 0) is 0 Å². The Labute approximate surface area is 102 Å². The molecule has 0 N–H and O–H groups in total. The molecular formula is C15H23P. The van der Waals surface area contributed by atoms with Crippen LogP contribution in [0.25, 0.3) is 0 Å². The van der Waals surface area contributed by atoms with Gasteiger partial charge in [0.15, 0.2) is 0 Å². The minimum atomic E-state index is 0.832. The van der Waals surface area contributed by atoms with Crippen molar-refractivity contribution in [3.05, 3.63) is 29.8 Å². The fraction of sp³-hybridized carbons (Fsp3) is 0.600. The maximum Gasteiger partial charge on any atom is -0.0162 e. The molecule has 0 aliphatic heterocycles. The van der Waals surface area contributed by atoms with E-state index in [0.717, 1.165) is 11.8 Å². The third-order valence-corrected chi connectivity index (χ3v) is 4.34. The molecule has 88 valence electrons. The lowest BCUT2D eigenvalue weighted by atomic mass is 9.77. The van der Waals surface area contributed by atoms with Crippen LogP contribution in [0.1, 0.15) is 56.9 Å². The molecule has 0 spiro atoms. The Morgan fingerprint density at radius 2 is 1.69 bits per heavy atom. The van der Waals surface area contributed by atoms with E-state index in [-0.39, 0.29) is 0 Å². The third kappa shape index (κ3) is 3.08. The van der Waals surface area contributed by atoms with Crippen LogP contribution in [0.15, 0.2) is 24.3 Å². The van der Waals surface area contributed by atoms with Gasteiger partial charge in [-0.2, -0.15) is 0 Å². The molecule has 0 radical (unpaired) electrons. The van der Waals surface area contributed by atoms with Crippen LogP contribution in [-0.4, -0.2) is 0 Å². The van der Waals surface area contributed by atoms with Gasteiger partial charge in [0.1, 0.15) is 0 Å². The molecule has 16 heavy (non-hydrogen) atoms. The Kier molecular flexibility index (Phi) is 4.41. The van der Waals surface area contributed by atoms with Gasteiger partial charge in [-0.25, -0.2) is 0 Å². The van der Waals surface area contributed by atoms with E-state index in [0.29, 0.717) is 0 Å². The normalized spacial score (nSPS) is 25.6. The van der Waals surface area contributed by atoms with E-state index in [9.17, 15) is 0 Å². The molecule has 0 bridgehead atoms. The predicted octanol–water partition coefficient (Wildman–Crippen LogP) is 4.26. The molecule has 2 rings (SSSR count). The van der Waals surface area contributed by atoms with Crippen LogP contribution in [0, 0.1) is 5.92 Å². The number of hydrogen-bond donors (Lipinski definition) is 0. The first-order valence-electron chi connectivity index (χ1n) is 6.65. The summed E-state index contributed by atoms with van der Waals surface area (Å²) in [6.45, 7) is 2.31. The zero-order valence-electron chi connectivity index (χ0n) is 10.3. The smallest absolute Gasteiger partial charge is 0.0162 e. The lowest BCUT2D eigenvalue weighted by Crippen LogP contribution is -2.13. The van der Waals surface area contributed by atoms with Crippen molar-refractivity contribution in [2.45, 2.75) is 51.4 Å². The molecular weight excluding hydrogens is 211 g/mol. The van der Waals surface area contributed by atoms with E-state index in [1.165, 1.54) is 43.8 Å². The lowest BCUT2D eigenvalue weighted by molar-refractivity contribution is 0.308. The SMILES string of the molecule is CCCC1CCC(c2ccc(P)cc2)CC1. The summed E-state index contributed by atoms with van der Waals surface area (Å²) in [7, 11) is 2.76. The van der Waals surface area contributed by atoms with Crippen LogP contribution in [0.5, 0.6) is 0 Å². The zero-order chi connectivity index (χ0) is 11.4. The summed E-state index contributed by atoms with van der Waals surface area (Å²) in [5, 5.41) is 1.29. The van der Waals surface area contributed by atoms with Crippen molar-refractivity contribution in [3.8, 4) is 0 Å². The molecule has 1 unspecified atom stereocenters. The molecule has 0 heterocycles. The van der Waals surface area contributed by atoms with E-state index in [1.54, 1.807) is 5.56 Å². The highest BCUT2D eigenvalue weighted by Gasteiger charge is 2.21. The Morgan fingerprint density at radius 1 is 1.06 bits per heavy atom. The number of hydrogen-bond acceptors (Lipinski definition) is 0. The molecule has 1 aliphatic rings. The molecule has 1 fully saturated rings. The Balaban J connectivity index is 1.91. The van der Waals surface area contributed by atoms with Crippen molar-refractivity contribution in [3.63, 3.8) is 0 Å². The van der Waals surface area contributed by atoms with E-state index < -0.39 is 0 Å². The molecule has 1 aliphatic carbocycles. The first-order valence-corrected chi connectivity index (χ1v) is 7.22. The first-order chi connectivity index (χ1) is 7.79. The summed E-state index contributed by atoms with van der Waals surface area (Å²) in [5.41, 5.74) is 1.56. The third-order valence-electron chi connectivity index (χ3n) is 3.95. The minimum Gasteiger partial charge on any atom is -0.106 e. The van der Waals surface area contributed by atoms with Gasteiger partial charge in [0.25, 0.3) is 0 Å². The first kappa shape index (κ1) is 12.1. The maximum atomic E-state index is 2.76. The highest BCUT2D eigenvalue weighted by Crippen LogP contribution is 2.37. The maximum absolute atomic E-state index is 2.76. The van der Waals surface area contributed by atoms with Crippen LogP contribution in [0.2, 0.25) is 0 Å². The number of benzene rings is 1. The molecule has 1 heteroatoms. The van der Waals surface area contributed by atoms with Gasteiger partial charge in [0.05, 0.1) is 0 Å². The summed E-state index contributed by atoms with van der Waals surface area (Å²) < 4.78 is 0. The minimum absolute atomic E-state index is 0.832. The predicted molar refractivity (Wildman–Crippen MR) is 75.4 cm³/mol.